The third kappa shape index (κ3) is 0.911. The van der Waals surface area contributed by atoms with Gasteiger partial charge >= 0.3 is 0 Å². The smallest absolute Gasteiger partial charge is 0.243 e. The minimum absolute atomic E-state index is 0.404. The molecule has 0 saturated carbocycles. The molecule has 0 radical (unpaired) electrons. The van der Waals surface area contributed by atoms with E-state index in [1.54, 1.807) is 12.4 Å². The number of aromatic nitrogens is 6. The number of rotatable bonds is 2. The molecule has 12 heavy (non-hydrogen) atoms. The van der Waals surface area contributed by atoms with Crippen molar-refractivity contribution in [2.24, 2.45) is 0 Å². The average molecular weight is 166 g/mol. The van der Waals surface area contributed by atoms with Crippen LogP contribution in [0.4, 0.5) is 0 Å². The van der Waals surface area contributed by atoms with Crippen molar-refractivity contribution >= 4 is 0 Å². The molecule has 1 N–H and O–H groups in total. The Bertz CT molecular complexity index is 352. The van der Waals surface area contributed by atoms with Gasteiger partial charge in [0.25, 0.3) is 0 Å². The molecular weight excluding hydrogens is 160 g/mol. The summed E-state index contributed by atoms with van der Waals surface area (Å²) in [5.41, 5.74) is 0. The molecule has 0 saturated heterocycles. The minimum Gasteiger partial charge on any atom is -0.415 e. The standard InChI is InChI=1S/C5H6N6O/c1-12-11-3-2-6-5(11)4-7-9-10-8-4/h2-3H,1H3,(H,7,8,9,10). The van der Waals surface area contributed by atoms with Crippen LogP contribution in [0.3, 0.4) is 0 Å². The first-order valence-electron chi connectivity index (χ1n) is 3.23. The Kier molecular flexibility index (Phi) is 1.47. The highest BCUT2D eigenvalue weighted by molar-refractivity contribution is 5.40. The van der Waals surface area contributed by atoms with Crippen LogP contribution in [-0.2, 0) is 0 Å². The molecule has 0 fully saturated rings. The van der Waals surface area contributed by atoms with Gasteiger partial charge in [-0.25, -0.2) is 4.98 Å². The summed E-state index contributed by atoms with van der Waals surface area (Å²) in [6.45, 7) is 0. The number of H-pyrrole nitrogens is 1. The van der Waals surface area contributed by atoms with E-state index in [1.165, 1.54) is 11.8 Å². The molecule has 0 spiro atoms. The van der Waals surface area contributed by atoms with Gasteiger partial charge < -0.3 is 4.84 Å². The summed E-state index contributed by atoms with van der Waals surface area (Å²) in [4.78, 5) is 8.92. The zero-order chi connectivity index (χ0) is 8.39. The van der Waals surface area contributed by atoms with Crippen molar-refractivity contribution in [1.29, 1.82) is 0 Å². The van der Waals surface area contributed by atoms with Crippen molar-refractivity contribution in [2.45, 2.75) is 0 Å². The monoisotopic (exact) mass is 166 g/mol. The first-order chi connectivity index (χ1) is 5.92. The Hall–Kier alpha value is -1.92. The Labute approximate surface area is 67.3 Å². The lowest BCUT2D eigenvalue weighted by atomic mass is 10.6. The van der Waals surface area contributed by atoms with E-state index < -0.39 is 0 Å². The Morgan fingerprint density at radius 2 is 2.50 bits per heavy atom. The molecule has 0 aliphatic carbocycles. The molecule has 0 atom stereocenters. The molecule has 2 heterocycles. The molecular formula is C5H6N6O. The second-order valence-corrected chi connectivity index (χ2v) is 1.99. The lowest BCUT2D eigenvalue weighted by molar-refractivity contribution is 0.170. The van der Waals surface area contributed by atoms with Gasteiger partial charge in [0.1, 0.15) is 7.11 Å². The molecule has 0 unspecified atom stereocenters. The summed E-state index contributed by atoms with van der Waals surface area (Å²) in [7, 11) is 1.53. The predicted octanol–water partition coefficient (Wildman–Crippen LogP) is -0.878. The van der Waals surface area contributed by atoms with E-state index in [2.05, 4.69) is 25.6 Å². The van der Waals surface area contributed by atoms with Gasteiger partial charge in [0.2, 0.25) is 11.6 Å². The van der Waals surface area contributed by atoms with Crippen LogP contribution in [0.2, 0.25) is 0 Å². The number of hydrogen-bond acceptors (Lipinski definition) is 5. The molecule has 0 aromatic carbocycles. The highest BCUT2D eigenvalue weighted by Gasteiger charge is 2.09. The molecule has 7 nitrogen and oxygen atoms in total. The van der Waals surface area contributed by atoms with Crippen LogP contribution in [0.5, 0.6) is 0 Å². The summed E-state index contributed by atoms with van der Waals surface area (Å²) in [5.74, 6) is 0.924. The molecule has 62 valence electrons. The zero-order valence-corrected chi connectivity index (χ0v) is 6.30. The Morgan fingerprint density at radius 3 is 3.17 bits per heavy atom. The zero-order valence-electron chi connectivity index (χ0n) is 6.30. The van der Waals surface area contributed by atoms with Crippen molar-refractivity contribution in [2.75, 3.05) is 7.11 Å². The van der Waals surface area contributed by atoms with Crippen molar-refractivity contribution in [3.63, 3.8) is 0 Å². The number of tetrazole rings is 1. The molecule has 7 heteroatoms. The maximum absolute atomic E-state index is 4.94. The Morgan fingerprint density at radius 1 is 1.58 bits per heavy atom. The van der Waals surface area contributed by atoms with E-state index in [0.29, 0.717) is 11.6 Å². The largest absolute Gasteiger partial charge is 0.415 e. The van der Waals surface area contributed by atoms with Crippen LogP contribution >= 0.6 is 0 Å². The summed E-state index contributed by atoms with van der Waals surface area (Å²) < 4.78 is 1.45. The molecule has 0 aliphatic rings. The second-order valence-electron chi connectivity index (χ2n) is 1.99. The third-order valence-electron chi connectivity index (χ3n) is 1.35. The molecule has 0 bridgehead atoms. The van der Waals surface area contributed by atoms with E-state index in [9.17, 15) is 0 Å². The molecule has 0 amide bonds. The summed E-state index contributed by atoms with van der Waals surface area (Å²) in [6, 6.07) is 0. The number of nitrogens with one attached hydrogen (secondary N) is 1. The third-order valence-corrected chi connectivity index (χ3v) is 1.35. The van der Waals surface area contributed by atoms with E-state index >= 15 is 0 Å². The van der Waals surface area contributed by atoms with E-state index in [4.69, 9.17) is 4.84 Å². The topological polar surface area (TPSA) is 81.5 Å². The molecule has 2 aromatic rings. The average Bonchev–Trinajstić information content (AvgIpc) is 2.74. The van der Waals surface area contributed by atoms with Gasteiger partial charge in [-0.05, 0) is 5.21 Å². The van der Waals surface area contributed by atoms with Crippen LogP contribution in [0.15, 0.2) is 12.4 Å². The maximum atomic E-state index is 4.94. The molecule has 2 aromatic heterocycles. The van der Waals surface area contributed by atoms with Crippen LogP contribution in [0.1, 0.15) is 0 Å². The van der Waals surface area contributed by atoms with Gasteiger partial charge in [-0.1, -0.05) is 0 Å². The molecule has 0 aliphatic heterocycles. The lowest BCUT2D eigenvalue weighted by Crippen LogP contribution is -2.06. The number of aromatic amines is 1. The Balaban J connectivity index is 2.46. The quantitative estimate of drug-likeness (QED) is 0.626. The summed E-state index contributed by atoms with van der Waals surface area (Å²) >= 11 is 0. The van der Waals surface area contributed by atoms with Crippen molar-refractivity contribution in [1.82, 2.24) is 30.3 Å². The summed E-state index contributed by atoms with van der Waals surface area (Å²) in [6.07, 6.45) is 3.25. The van der Waals surface area contributed by atoms with Crippen molar-refractivity contribution in [3.05, 3.63) is 12.4 Å². The van der Waals surface area contributed by atoms with Gasteiger partial charge in [-0.2, -0.15) is 9.94 Å². The van der Waals surface area contributed by atoms with Crippen LogP contribution in [-0.4, -0.2) is 37.4 Å². The van der Waals surface area contributed by atoms with Crippen molar-refractivity contribution in [3.8, 4) is 11.6 Å². The van der Waals surface area contributed by atoms with Gasteiger partial charge in [0.05, 0.1) is 6.20 Å². The first kappa shape index (κ1) is 6.77. The number of imidazole rings is 1. The minimum atomic E-state index is 0.404. The van der Waals surface area contributed by atoms with Crippen LogP contribution in [0.25, 0.3) is 11.6 Å². The summed E-state index contributed by atoms with van der Waals surface area (Å²) in [5, 5.41) is 13.3. The fourth-order valence-electron chi connectivity index (χ4n) is 0.852. The van der Waals surface area contributed by atoms with Crippen LogP contribution < -0.4 is 4.84 Å². The number of nitrogens with zero attached hydrogens (tertiary/aromatic N) is 5. The SMILES string of the molecule is COn1ccnc1-c1nn[nH]n1. The fourth-order valence-corrected chi connectivity index (χ4v) is 0.852. The van der Waals surface area contributed by atoms with E-state index in [1.807, 2.05) is 0 Å². The maximum Gasteiger partial charge on any atom is 0.243 e. The predicted molar refractivity (Wildman–Crippen MR) is 37.9 cm³/mol. The normalized spacial score (nSPS) is 10.1. The first-order valence-corrected chi connectivity index (χ1v) is 3.23. The second kappa shape index (κ2) is 2.61. The van der Waals surface area contributed by atoms with Crippen LogP contribution in [0, 0.1) is 0 Å². The number of hydrogen-bond donors (Lipinski definition) is 1. The fraction of sp³-hybridized carbons (Fsp3) is 0.200. The van der Waals surface area contributed by atoms with Crippen molar-refractivity contribution < 1.29 is 4.84 Å². The molecule has 2 rings (SSSR count). The van der Waals surface area contributed by atoms with Gasteiger partial charge in [-0.3, -0.25) is 0 Å². The lowest BCUT2D eigenvalue weighted by Gasteiger charge is -1.99. The highest BCUT2D eigenvalue weighted by Crippen LogP contribution is 2.07. The highest BCUT2D eigenvalue weighted by atomic mass is 16.6. The van der Waals surface area contributed by atoms with Gasteiger partial charge in [0.15, 0.2) is 0 Å². The van der Waals surface area contributed by atoms with E-state index in [0.717, 1.165) is 0 Å². The van der Waals surface area contributed by atoms with Gasteiger partial charge in [-0.15, -0.1) is 10.2 Å². The van der Waals surface area contributed by atoms with E-state index in [-0.39, 0.29) is 0 Å². The van der Waals surface area contributed by atoms with Gasteiger partial charge in [0, 0.05) is 6.20 Å².